The first kappa shape index (κ1) is 13.2. The van der Waals surface area contributed by atoms with E-state index in [1.165, 1.54) is 0 Å². The molecule has 1 amide bonds. The van der Waals surface area contributed by atoms with Gasteiger partial charge in [-0.3, -0.25) is 9.59 Å². The summed E-state index contributed by atoms with van der Waals surface area (Å²) in [6.07, 6.45) is 1.68. The van der Waals surface area contributed by atoms with E-state index in [0.29, 0.717) is 24.4 Å². The minimum absolute atomic E-state index is 0.418. The van der Waals surface area contributed by atoms with Crippen LogP contribution in [0.3, 0.4) is 0 Å². The van der Waals surface area contributed by atoms with Crippen LogP contribution >= 0.6 is 15.9 Å². The number of ketones is 1. The summed E-state index contributed by atoms with van der Waals surface area (Å²) in [5.41, 5.74) is 1.19. The van der Waals surface area contributed by atoms with Crippen molar-refractivity contribution >= 4 is 33.3 Å². The highest BCUT2D eigenvalue weighted by atomic mass is 79.9. The molecule has 0 saturated carbocycles. The van der Waals surface area contributed by atoms with Crippen LogP contribution in [0, 0.1) is 0 Å². The lowest BCUT2D eigenvalue weighted by molar-refractivity contribution is -0.114. The Bertz CT molecular complexity index is 487. The number of hydrogen-bond acceptors (Lipinski definition) is 3. The Kier molecular flexibility index (Phi) is 4.14. The molecule has 0 N–H and O–H groups in total. The van der Waals surface area contributed by atoms with Crippen LogP contribution in [-0.4, -0.2) is 32.0 Å². The number of carbonyl (C=O) groups is 2. The number of fused-ring (bicyclic) bond motifs is 1. The predicted molar refractivity (Wildman–Crippen MR) is 71.9 cm³/mol. The summed E-state index contributed by atoms with van der Waals surface area (Å²) in [6.45, 7) is 1.21. The van der Waals surface area contributed by atoms with Crippen molar-refractivity contribution in [3.8, 4) is 0 Å². The molecule has 4 nitrogen and oxygen atoms in total. The van der Waals surface area contributed by atoms with E-state index in [2.05, 4.69) is 15.9 Å². The summed E-state index contributed by atoms with van der Waals surface area (Å²) >= 11 is 3.39. The van der Waals surface area contributed by atoms with Gasteiger partial charge < -0.3 is 9.64 Å². The van der Waals surface area contributed by atoms with E-state index in [-0.39, 0.29) is 0 Å². The summed E-state index contributed by atoms with van der Waals surface area (Å²) in [7, 11) is 1.65. The fourth-order valence-corrected chi connectivity index (χ4v) is 2.62. The molecule has 1 aromatic carbocycles. The van der Waals surface area contributed by atoms with Crippen LogP contribution in [0.2, 0.25) is 0 Å². The van der Waals surface area contributed by atoms with E-state index in [1.54, 1.807) is 24.1 Å². The monoisotopic (exact) mass is 311 g/mol. The van der Waals surface area contributed by atoms with Gasteiger partial charge in [-0.25, -0.2) is 0 Å². The molecule has 96 valence electrons. The molecule has 2 rings (SSSR count). The van der Waals surface area contributed by atoms with Crippen LogP contribution in [0.15, 0.2) is 22.7 Å². The van der Waals surface area contributed by atoms with E-state index in [1.807, 2.05) is 6.07 Å². The number of rotatable bonds is 5. The first-order chi connectivity index (χ1) is 8.66. The Labute approximate surface area is 114 Å². The number of hydrogen-bond donors (Lipinski definition) is 0. The number of benzene rings is 1. The quantitative estimate of drug-likeness (QED) is 0.619. The summed E-state index contributed by atoms with van der Waals surface area (Å²) in [5, 5.41) is 0. The van der Waals surface area contributed by atoms with E-state index in [9.17, 15) is 9.59 Å². The van der Waals surface area contributed by atoms with Crippen molar-refractivity contribution in [1.82, 2.24) is 0 Å². The van der Waals surface area contributed by atoms with Crippen LogP contribution in [0.25, 0.3) is 0 Å². The van der Waals surface area contributed by atoms with Crippen LogP contribution in [0.4, 0.5) is 5.69 Å². The van der Waals surface area contributed by atoms with Gasteiger partial charge in [0, 0.05) is 24.7 Å². The van der Waals surface area contributed by atoms with E-state index >= 15 is 0 Å². The molecule has 1 aliphatic rings. The van der Waals surface area contributed by atoms with Crippen molar-refractivity contribution in [2.45, 2.75) is 12.8 Å². The number of nitrogens with zero attached hydrogens (tertiary/aromatic N) is 1. The van der Waals surface area contributed by atoms with Crippen molar-refractivity contribution in [3.05, 3.63) is 28.2 Å². The highest BCUT2D eigenvalue weighted by molar-refractivity contribution is 9.10. The molecule has 0 spiro atoms. The van der Waals surface area contributed by atoms with Crippen molar-refractivity contribution < 1.29 is 14.3 Å². The van der Waals surface area contributed by atoms with E-state index in [0.717, 1.165) is 17.3 Å². The normalized spacial score (nSPS) is 14.2. The fraction of sp³-hybridized carbons (Fsp3) is 0.385. The number of carbonyl (C=O) groups excluding carboxylic acids is 2. The zero-order chi connectivity index (χ0) is 13.1. The lowest BCUT2D eigenvalue weighted by Gasteiger charge is -2.17. The maximum atomic E-state index is 11.9. The molecule has 1 heterocycles. The third-order valence-electron chi connectivity index (χ3n) is 2.92. The van der Waals surface area contributed by atoms with Crippen molar-refractivity contribution in [2.24, 2.45) is 0 Å². The number of para-hydroxylation sites is 1. The molecule has 0 saturated heterocycles. The van der Waals surface area contributed by atoms with Crippen LogP contribution in [0.1, 0.15) is 23.2 Å². The van der Waals surface area contributed by atoms with Gasteiger partial charge in [-0.1, -0.05) is 6.07 Å². The van der Waals surface area contributed by atoms with Gasteiger partial charge in [-0.15, -0.1) is 0 Å². The standard InChI is InChI=1S/C13H14BrNO3/c1-18-8-3-2-7-15-11-9(12(16)13(15)17)5-4-6-10(11)14/h4-6H,2-3,7-8H2,1H3. The van der Waals surface area contributed by atoms with Crippen molar-refractivity contribution in [3.63, 3.8) is 0 Å². The average Bonchev–Trinajstić information content (AvgIpc) is 2.61. The van der Waals surface area contributed by atoms with Crippen LogP contribution < -0.4 is 4.90 Å². The van der Waals surface area contributed by atoms with Gasteiger partial charge in [-0.05, 0) is 40.9 Å². The summed E-state index contributed by atoms with van der Waals surface area (Å²) in [4.78, 5) is 25.3. The zero-order valence-corrected chi connectivity index (χ0v) is 11.7. The molecule has 0 aromatic heterocycles. The molecule has 0 unspecified atom stereocenters. The average molecular weight is 312 g/mol. The Morgan fingerprint density at radius 1 is 1.28 bits per heavy atom. The molecule has 0 atom stereocenters. The lowest BCUT2D eigenvalue weighted by atomic mass is 10.1. The second-order valence-corrected chi connectivity index (χ2v) is 4.98. The molecule has 0 fully saturated rings. The Morgan fingerprint density at radius 2 is 2.06 bits per heavy atom. The maximum Gasteiger partial charge on any atom is 0.299 e. The van der Waals surface area contributed by atoms with Crippen LogP contribution in [-0.2, 0) is 9.53 Å². The number of Topliss-reactive ketones (excluding diaryl/α,β-unsaturated/α-hetero) is 1. The van der Waals surface area contributed by atoms with Crippen LogP contribution in [0.5, 0.6) is 0 Å². The molecule has 5 heteroatoms. The number of halogens is 1. The molecule has 18 heavy (non-hydrogen) atoms. The number of ether oxygens (including phenoxy) is 1. The number of methoxy groups -OCH3 is 1. The fourth-order valence-electron chi connectivity index (χ4n) is 2.04. The smallest absolute Gasteiger partial charge is 0.299 e. The van der Waals surface area contributed by atoms with Gasteiger partial charge in [-0.2, -0.15) is 0 Å². The predicted octanol–water partition coefficient (Wildman–Crippen LogP) is 2.41. The Hall–Kier alpha value is -1.20. The van der Waals surface area contributed by atoms with Gasteiger partial charge in [0.1, 0.15) is 0 Å². The summed E-state index contributed by atoms with van der Waals surface area (Å²) in [5.74, 6) is -0.854. The minimum Gasteiger partial charge on any atom is -0.385 e. The topological polar surface area (TPSA) is 46.6 Å². The van der Waals surface area contributed by atoms with Gasteiger partial charge in [0.2, 0.25) is 0 Å². The SMILES string of the molecule is COCCCCN1C(=O)C(=O)c2cccc(Br)c21. The van der Waals surface area contributed by atoms with Gasteiger partial charge in [0.25, 0.3) is 11.7 Å². The maximum absolute atomic E-state index is 11.9. The first-order valence-electron chi connectivity index (χ1n) is 5.80. The highest BCUT2D eigenvalue weighted by Crippen LogP contribution is 2.35. The van der Waals surface area contributed by atoms with E-state index < -0.39 is 11.7 Å². The second kappa shape index (κ2) is 5.63. The van der Waals surface area contributed by atoms with Crippen molar-refractivity contribution in [1.29, 1.82) is 0 Å². The summed E-state index contributed by atoms with van der Waals surface area (Å²) in [6, 6.07) is 5.30. The Morgan fingerprint density at radius 3 is 2.78 bits per heavy atom. The van der Waals surface area contributed by atoms with Crippen molar-refractivity contribution in [2.75, 3.05) is 25.2 Å². The largest absolute Gasteiger partial charge is 0.385 e. The third kappa shape index (κ3) is 2.33. The van der Waals surface area contributed by atoms with Gasteiger partial charge in [0.15, 0.2) is 0 Å². The van der Waals surface area contributed by atoms with Gasteiger partial charge in [0.05, 0.1) is 11.3 Å². The molecule has 0 radical (unpaired) electrons. The highest BCUT2D eigenvalue weighted by Gasteiger charge is 2.36. The lowest BCUT2D eigenvalue weighted by Crippen LogP contribution is -2.30. The first-order valence-corrected chi connectivity index (χ1v) is 6.59. The number of unbranched alkanes of at least 4 members (excludes halogenated alkanes) is 1. The molecular formula is C13H14BrNO3. The zero-order valence-electron chi connectivity index (χ0n) is 10.1. The van der Waals surface area contributed by atoms with E-state index in [4.69, 9.17) is 4.74 Å². The molecule has 1 aromatic rings. The number of anilines is 1. The molecule has 1 aliphatic heterocycles. The van der Waals surface area contributed by atoms with Gasteiger partial charge >= 0.3 is 0 Å². The third-order valence-corrected chi connectivity index (χ3v) is 3.56. The molecular weight excluding hydrogens is 298 g/mol. The minimum atomic E-state index is -0.436. The second-order valence-electron chi connectivity index (χ2n) is 4.12. The Balaban J connectivity index is 2.17. The summed E-state index contributed by atoms with van der Waals surface area (Å²) < 4.78 is 5.75. The molecule has 0 aliphatic carbocycles. The molecule has 0 bridgehead atoms. The number of amides is 1.